The topological polar surface area (TPSA) is 91.9 Å². The van der Waals surface area contributed by atoms with E-state index in [0.29, 0.717) is 22.0 Å². The number of hydrogen-bond donors (Lipinski definition) is 2. The maximum absolute atomic E-state index is 11.5. The van der Waals surface area contributed by atoms with Gasteiger partial charge in [0.1, 0.15) is 0 Å². The van der Waals surface area contributed by atoms with Crippen LogP contribution < -0.4 is 5.56 Å². The number of rotatable bonds is 3. The lowest BCUT2D eigenvalue weighted by Crippen LogP contribution is -2.12. The Labute approximate surface area is 97.9 Å². The molecule has 0 saturated carbocycles. The molecule has 0 atom stereocenters. The molecule has 2 aromatic rings. The average molecular weight is 278 g/mol. The lowest BCUT2D eigenvalue weighted by atomic mass is 10.4. The summed E-state index contributed by atoms with van der Waals surface area (Å²) in [7, 11) is 0. The minimum atomic E-state index is -4.12. The van der Waals surface area contributed by atoms with E-state index < -0.39 is 6.80 Å². The van der Waals surface area contributed by atoms with Gasteiger partial charge in [-0.3, -0.25) is 9.20 Å². The zero-order valence-corrected chi connectivity index (χ0v) is 10.3. The molecule has 86 valence electrons. The first-order valence-electron chi connectivity index (χ1n) is 4.11. The number of aromatic nitrogens is 2. The summed E-state index contributed by atoms with van der Waals surface area (Å²) in [6, 6.07) is 1.28. The van der Waals surface area contributed by atoms with Gasteiger partial charge in [0.15, 0.2) is 4.96 Å². The standard InChI is InChI=1S/C7H7N2O4PS2/c10-6-3-5(4-16-14(11,12)13)8-7-9(6)1-2-15-7/h1-3H,4H2,(H2,11,12,13). The van der Waals surface area contributed by atoms with Crippen LogP contribution in [-0.2, 0) is 10.3 Å². The van der Waals surface area contributed by atoms with E-state index in [4.69, 9.17) is 9.79 Å². The summed E-state index contributed by atoms with van der Waals surface area (Å²) in [6.45, 7) is -4.12. The van der Waals surface area contributed by atoms with E-state index in [9.17, 15) is 9.36 Å². The molecule has 2 aromatic heterocycles. The van der Waals surface area contributed by atoms with Gasteiger partial charge in [0.25, 0.3) is 5.56 Å². The lowest BCUT2D eigenvalue weighted by Gasteiger charge is -2.02. The molecule has 9 heteroatoms. The third-order valence-electron chi connectivity index (χ3n) is 1.74. The van der Waals surface area contributed by atoms with Gasteiger partial charge in [-0.25, -0.2) is 9.55 Å². The minimum Gasteiger partial charge on any atom is -0.317 e. The summed E-state index contributed by atoms with van der Waals surface area (Å²) in [5, 5.41) is 1.73. The van der Waals surface area contributed by atoms with Crippen LogP contribution in [0.5, 0.6) is 0 Å². The maximum atomic E-state index is 11.5. The summed E-state index contributed by atoms with van der Waals surface area (Å²) >= 11 is 1.76. The number of hydrogen-bond acceptors (Lipinski definition) is 5. The molecular formula is C7H7N2O4PS2. The van der Waals surface area contributed by atoms with Crippen LogP contribution in [0.15, 0.2) is 22.4 Å². The number of thiazole rings is 1. The third kappa shape index (κ3) is 2.72. The van der Waals surface area contributed by atoms with Gasteiger partial charge in [-0.1, -0.05) is 0 Å². The second-order valence-electron chi connectivity index (χ2n) is 2.91. The van der Waals surface area contributed by atoms with E-state index in [2.05, 4.69) is 4.98 Å². The predicted molar refractivity (Wildman–Crippen MR) is 62.7 cm³/mol. The first-order chi connectivity index (χ1) is 7.46. The molecule has 6 nitrogen and oxygen atoms in total. The molecule has 0 aliphatic carbocycles. The fraction of sp³-hybridized carbons (Fsp3) is 0.143. The van der Waals surface area contributed by atoms with Gasteiger partial charge in [-0.2, -0.15) is 0 Å². The van der Waals surface area contributed by atoms with Crippen molar-refractivity contribution in [3.63, 3.8) is 0 Å². The molecule has 0 aliphatic heterocycles. The first kappa shape index (κ1) is 11.8. The van der Waals surface area contributed by atoms with Crippen molar-refractivity contribution in [3.05, 3.63) is 33.7 Å². The Morgan fingerprint density at radius 2 is 2.31 bits per heavy atom. The highest BCUT2D eigenvalue weighted by Gasteiger charge is 2.15. The highest BCUT2D eigenvalue weighted by atomic mass is 32.7. The van der Waals surface area contributed by atoms with Crippen molar-refractivity contribution >= 4 is 34.5 Å². The van der Waals surface area contributed by atoms with Crippen molar-refractivity contribution in [2.45, 2.75) is 5.75 Å². The quantitative estimate of drug-likeness (QED) is 0.816. The Balaban J connectivity index is 2.32. The van der Waals surface area contributed by atoms with Crippen LogP contribution in [0.1, 0.15) is 5.69 Å². The van der Waals surface area contributed by atoms with E-state index >= 15 is 0 Å². The van der Waals surface area contributed by atoms with E-state index in [-0.39, 0.29) is 11.3 Å². The number of nitrogens with zero attached hydrogens (tertiary/aromatic N) is 2. The molecule has 0 saturated heterocycles. The van der Waals surface area contributed by atoms with Crippen LogP contribution in [-0.4, -0.2) is 19.2 Å². The van der Waals surface area contributed by atoms with Crippen LogP contribution in [0.3, 0.4) is 0 Å². The Bertz CT molecular complexity index is 616. The lowest BCUT2D eigenvalue weighted by molar-refractivity contribution is 0.397. The van der Waals surface area contributed by atoms with Gasteiger partial charge in [-0.05, 0) is 11.4 Å². The van der Waals surface area contributed by atoms with Gasteiger partial charge >= 0.3 is 6.80 Å². The minimum absolute atomic E-state index is 0.0217. The molecule has 0 unspecified atom stereocenters. The summed E-state index contributed by atoms with van der Waals surface area (Å²) in [5.41, 5.74) is 0.133. The summed E-state index contributed by atoms with van der Waals surface area (Å²) in [6.07, 6.45) is 1.61. The van der Waals surface area contributed by atoms with Gasteiger partial charge in [0.2, 0.25) is 0 Å². The molecule has 16 heavy (non-hydrogen) atoms. The Hall–Kier alpha value is -0.660. The normalized spacial score (nSPS) is 12.1. The highest BCUT2D eigenvalue weighted by molar-refractivity contribution is 8.54. The van der Waals surface area contributed by atoms with Crippen molar-refractivity contribution in [1.82, 2.24) is 9.38 Å². The largest absolute Gasteiger partial charge is 0.384 e. The monoisotopic (exact) mass is 278 g/mol. The molecule has 0 fully saturated rings. The maximum Gasteiger partial charge on any atom is 0.384 e. The van der Waals surface area contributed by atoms with E-state index in [1.54, 1.807) is 11.6 Å². The Morgan fingerprint density at radius 3 is 3.00 bits per heavy atom. The average Bonchev–Trinajstić information content (AvgIpc) is 2.62. The predicted octanol–water partition coefficient (Wildman–Crippen LogP) is 1.08. The van der Waals surface area contributed by atoms with Crippen LogP contribution in [0.4, 0.5) is 0 Å². The van der Waals surface area contributed by atoms with Gasteiger partial charge < -0.3 is 9.79 Å². The first-order valence-corrected chi connectivity index (χ1v) is 8.20. The van der Waals surface area contributed by atoms with Crippen LogP contribution in [0, 0.1) is 0 Å². The molecular weight excluding hydrogens is 271 g/mol. The molecule has 0 radical (unpaired) electrons. The fourth-order valence-corrected chi connectivity index (χ4v) is 3.20. The zero-order chi connectivity index (χ0) is 11.8. The summed E-state index contributed by atoms with van der Waals surface area (Å²) in [4.78, 5) is 33.5. The van der Waals surface area contributed by atoms with Crippen LogP contribution >= 0.6 is 29.5 Å². The SMILES string of the molecule is O=c1cc(CSP(=O)(O)O)nc2sccn12. The molecule has 2 N–H and O–H groups in total. The molecule has 0 spiro atoms. The second-order valence-corrected chi connectivity index (χ2v) is 7.51. The van der Waals surface area contributed by atoms with Crippen molar-refractivity contribution in [3.8, 4) is 0 Å². The van der Waals surface area contributed by atoms with E-state index in [0.717, 1.165) is 0 Å². The smallest absolute Gasteiger partial charge is 0.317 e. The summed E-state index contributed by atoms with van der Waals surface area (Å²) in [5.74, 6) is 0.0217. The van der Waals surface area contributed by atoms with Gasteiger partial charge in [0.05, 0.1) is 5.69 Å². The Kier molecular flexibility index (Phi) is 3.18. The van der Waals surface area contributed by atoms with Gasteiger partial charge in [0, 0.05) is 23.4 Å². The zero-order valence-electron chi connectivity index (χ0n) is 7.81. The molecule has 2 rings (SSSR count). The second kappa shape index (κ2) is 4.31. The molecule has 0 aliphatic rings. The molecule has 0 aromatic carbocycles. The summed E-state index contributed by atoms with van der Waals surface area (Å²) < 4.78 is 12.0. The molecule has 0 bridgehead atoms. The van der Waals surface area contributed by atoms with E-state index in [1.807, 2.05) is 0 Å². The van der Waals surface area contributed by atoms with Crippen LogP contribution in [0.25, 0.3) is 4.96 Å². The third-order valence-corrected chi connectivity index (χ3v) is 4.65. The van der Waals surface area contributed by atoms with Crippen molar-refractivity contribution in [2.75, 3.05) is 0 Å². The highest BCUT2D eigenvalue weighted by Crippen LogP contribution is 2.51. The van der Waals surface area contributed by atoms with Crippen LogP contribution in [0.2, 0.25) is 0 Å². The Morgan fingerprint density at radius 1 is 1.56 bits per heavy atom. The van der Waals surface area contributed by atoms with E-state index in [1.165, 1.54) is 21.8 Å². The molecule has 2 heterocycles. The molecule has 0 amide bonds. The van der Waals surface area contributed by atoms with Crippen molar-refractivity contribution in [2.24, 2.45) is 0 Å². The fourth-order valence-electron chi connectivity index (χ4n) is 1.11. The van der Waals surface area contributed by atoms with Crippen molar-refractivity contribution in [1.29, 1.82) is 0 Å². The van der Waals surface area contributed by atoms with Crippen molar-refractivity contribution < 1.29 is 14.4 Å². The van der Waals surface area contributed by atoms with Gasteiger partial charge in [-0.15, -0.1) is 11.3 Å². The number of fused-ring (bicyclic) bond motifs is 1.